The number of aromatic nitrogens is 2. The summed E-state index contributed by atoms with van der Waals surface area (Å²) in [6.45, 7) is 2.45. The number of carbonyl (C=O) groups is 2. The molecule has 0 bridgehead atoms. The third-order valence-corrected chi connectivity index (χ3v) is 5.73. The highest BCUT2D eigenvalue weighted by atomic mass is 19.1. The number of hydrogen-bond acceptors (Lipinski definition) is 5. The molecule has 3 N–H and O–H groups in total. The maximum atomic E-state index is 16.1. The van der Waals surface area contributed by atoms with Crippen molar-refractivity contribution >= 4 is 28.4 Å². The Kier molecular flexibility index (Phi) is 7.14. The zero-order valence-corrected chi connectivity index (χ0v) is 19.5. The van der Waals surface area contributed by atoms with E-state index < -0.39 is 23.5 Å². The zero-order chi connectivity index (χ0) is 24.8. The number of anilines is 1. The lowest BCUT2D eigenvalue weighted by atomic mass is 9.90. The molecule has 1 heterocycles. The van der Waals surface area contributed by atoms with Crippen molar-refractivity contribution in [1.29, 1.82) is 0 Å². The average molecular weight is 479 g/mol. The molecular weight excluding hydrogens is 451 g/mol. The molecule has 1 aromatic heterocycles. The monoisotopic (exact) mass is 478 g/mol. The number of rotatable bonds is 9. The lowest BCUT2D eigenvalue weighted by Gasteiger charge is -2.30. The van der Waals surface area contributed by atoms with E-state index in [1.165, 1.54) is 19.3 Å². The van der Waals surface area contributed by atoms with Crippen LogP contribution in [0.4, 0.5) is 10.1 Å². The molecule has 4 rings (SSSR count). The van der Waals surface area contributed by atoms with E-state index in [0.717, 1.165) is 24.3 Å². The predicted octanol–water partition coefficient (Wildman–Crippen LogP) is 4.32. The Labute approximate surface area is 202 Å². The van der Waals surface area contributed by atoms with Crippen LogP contribution in [-0.2, 0) is 4.79 Å². The number of aromatic amines is 1. The topological polar surface area (TPSA) is 105 Å². The van der Waals surface area contributed by atoms with Crippen LogP contribution in [0.1, 0.15) is 30.1 Å². The Balaban J connectivity index is 1.53. The molecule has 3 aromatic rings. The van der Waals surface area contributed by atoms with Gasteiger partial charge in [0.1, 0.15) is 11.5 Å². The highest BCUT2D eigenvalue weighted by molar-refractivity contribution is 6.03. The Morgan fingerprint density at radius 2 is 2.06 bits per heavy atom. The Bertz CT molecular complexity index is 1290. The van der Waals surface area contributed by atoms with Gasteiger partial charge in [0, 0.05) is 17.1 Å². The maximum Gasteiger partial charge on any atom is 0.268 e. The molecule has 0 aliphatic heterocycles. The maximum absolute atomic E-state index is 16.1. The minimum absolute atomic E-state index is 0.220. The Morgan fingerprint density at radius 1 is 1.20 bits per heavy atom. The summed E-state index contributed by atoms with van der Waals surface area (Å²) < 4.78 is 27.1. The van der Waals surface area contributed by atoms with Crippen LogP contribution in [0.2, 0.25) is 0 Å². The number of hydrogen-bond donors (Lipinski definition) is 3. The average Bonchev–Trinajstić information content (AvgIpc) is 3.33. The molecule has 2 atom stereocenters. The highest BCUT2D eigenvalue weighted by Crippen LogP contribution is 2.29. The fourth-order valence-electron chi connectivity index (χ4n) is 3.71. The molecule has 0 radical (unpaired) electrons. The minimum atomic E-state index is -2.51. The molecule has 8 nitrogen and oxygen atoms in total. The van der Waals surface area contributed by atoms with E-state index >= 15 is 4.39 Å². The number of ether oxygens (including phenoxy) is 2. The lowest BCUT2D eigenvalue weighted by molar-refractivity contribution is -0.125. The summed E-state index contributed by atoms with van der Waals surface area (Å²) in [7, 11) is 1.52. The Hall–Kier alpha value is -4.14. The van der Waals surface area contributed by atoms with Crippen LogP contribution in [0.3, 0.4) is 0 Å². The van der Waals surface area contributed by atoms with E-state index in [4.69, 9.17) is 9.47 Å². The lowest BCUT2D eigenvalue weighted by Crippen LogP contribution is -2.55. The van der Waals surface area contributed by atoms with Crippen LogP contribution < -0.4 is 20.1 Å². The van der Waals surface area contributed by atoms with Crippen molar-refractivity contribution < 1.29 is 23.5 Å². The van der Waals surface area contributed by atoms with Gasteiger partial charge in [-0.05, 0) is 42.8 Å². The van der Waals surface area contributed by atoms with Crippen LogP contribution in [0, 0.1) is 0 Å². The Morgan fingerprint density at radius 3 is 2.86 bits per heavy atom. The van der Waals surface area contributed by atoms with Gasteiger partial charge < -0.3 is 20.1 Å². The van der Waals surface area contributed by atoms with Gasteiger partial charge in [-0.1, -0.05) is 31.6 Å². The van der Waals surface area contributed by atoms with Crippen LogP contribution in [-0.4, -0.2) is 47.4 Å². The molecular formula is C26H27FN4O4. The van der Waals surface area contributed by atoms with E-state index in [0.29, 0.717) is 29.3 Å². The number of fused-ring (bicyclic) bond motifs is 1. The van der Waals surface area contributed by atoms with Gasteiger partial charge in [-0.3, -0.25) is 14.7 Å². The SMILES string of the molecule is CCCCOc1cc(OC)ccc1C(=O)NC1C=CC=CC1(F)C(=O)Nc1ccc2cn[nH]c2c1. The molecule has 2 amide bonds. The van der Waals surface area contributed by atoms with Crippen LogP contribution in [0.25, 0.3) is 10.9 Å². The predicted molar refractivity (Wildman–Crippen MR) is 131 cm³/mol. The summed E-state index contributed by atoms with van der Waals surface area (Å²) in [5.74, 6) is -0.622. The number of carbonyl (C=O) groups excluding carboxylic acids is 2. The molecule has 0 spiro atoms. The number of methoxy groups -OCH3 is 1. The van der Waals surface area contributed by atoms with E-state index in [1.54, 1.807) is 48.7 Å². The molecule has 1 aliphatic carbocycles. The van der Waals surface area contributed by atoms with E-state index in [9.17, 15) is 9.59 Å². The number of H-pyrrole nitrogens is 1. The van der Waals surface area contributed by atoms with Gasteiger partial charge in [0.05, 0.1) is 37.0 Å². The van der Waals surface area contributed by atoms with Gasteiger partial charge in [0.15, 0.2) is 0 Å². The standard InChI is InChI=1S/C26H27FN4O4/c1-3-4-13-35-22-15-19(34-2)10-11-20(22)24(32)30-23-7-5-6-12-26(23,27)25(33)29-18-9-8-17-16-28-31-21(17)14-18/h5-12,14-16,23H,3-4,13H2,1-2H3,(H,28,31)(H,29,33)(H,30,32). The van der Waals surface area contributed by atoms with Crippen molar-refractivity contribution in [3.63, 3.8) is 0 Å². The van der Waals surface area contributed by atoms with Gasteiger partial charge >= 0.3 is 0 Å². The normalized spacial score (nSPS) is 18.9. The number of unbranched alkanes of at least 4 members (excludes halogenated alkanes) is 1. The fraction of sp³-hybridized carbons (Fsp3) is 0.269. The second-order valence-corrected chi connectivity index (χ2v) is 8.15. The van der Waals surface area contributed by atoms with Crippen molar-refractivity contribution in [2.75, 3.05) is 19.0 Å². The molecule has 0 saturated heterocycles. The first-order valence-corrected chi connectivity index (χ1v) is 11.4. The summed E-state index contributed by atoms with van der Waals surface area (Å²) in [4.78, 5) is 26.2. The molecule has 182 valence electrons. The fourth-order valence-corrected chi connectivity index (χ4v) is 3.71. The third-order valence-electron chi connectivity index (χ3n) is 5.73. The van der Waals surface area contributed by atoms with Gasteiger partial charge in [-0.2, -0.15) is 5.10 Å². The first kappa shape index (κ1) is 24.0. The quantitative estimate of drug-likeness (QED) is 0.397. The van der Waals surface area contributed by atoms with Crippen molar-refractivity contribution in [2.45, 2.75) is 31.5 Å². The van der Waals surface area contributed by atoms with Gasteiger partial charge in [0.2, 0.25) is 5.67 Å². The number of nitrogens with zero attached hydrogens (tertiary/aromatic N) is 1. The summed E-state index contributed by atoms with van der Waals surface area (Å²) in [5, 5.41) is 12.8. The van der Waals surface area contributed by atoms with Crippen molar-refractivity contribution in [1.82, 2.24) is 15.5 Å². The number of allylic oxidation sites excluding steroid dienone is 2. The highest BCUT2D eigenvalue weighted by Gasteiger charge is 2.45. The van der Waals surface area contributed by atoms with Crippen molar-refractivity contribution in [3.8, 4) is 11.5 Å². The van der Waals surface area contributed by atoms with Crippen LogP contribution in [0.15, 0.2) is 66.9 Å². The van der Waals surface area contributed by atoms with Gasteiger partial charge in [-0.25, -0.2) is 4.39 Å². The number of nitrogens with one attached hydrogen (secondary N) is 3. The van der Waals surface area contributed by atoms with Crippen LogP contribution >= 0.6 is 0 Å². The second-order valence-electron chi connectivity index (χ2n) is 8.15. The van der Waals surface area contributed by atoms with Crippen LogP contribution in [0.5, 0.6) is 11.5 Å². The van der Waals surface area contributed by atoms with Crippen molar-refractivity contribution in [2.24, 2.45) is 0 Å². The number of benzene rings is 2. The second kappa shape index (κ2) is 10.4. The van der Waals surface area contributed by atoms with E-state index in [2.05, 4.69) is 20.8 Å². The summed E-state index contributed by atoms with van der Waals surface area (Å²) in [6.07, 6.45) is 8.99. The third kappa shape index (κ3) is 5.18. The van der Waals surface area contributed by atoms with Gasteiger partial charge in [0.25, 0.3) is 11.8 Å². The first-order valence-electron chi connectivity index (χ1n) is 11.4. The molecule has 0 fully saturated rings. The summed E-state index contributed by atoms with van der Waals surface area (Å²) >= 11 is 0. The smallest absolute Gasteiger partial charge is 0.268 e. The number of halogens is 1. The zero-order valence-electron chi connectivity index (χ0n) is 19.5. The first-order chi connectivity index (χ1) is 16.9. The number of alkyl halides is 1. The molecule has 1 aliphatic rings. The summed E-state index contributed by atoms with van der Waals surface area (Å²) in [5.41, 5.74) is -1.19. The molecule has 2 unspecified atom stereocenters. The summed E-state index contributed by atoms with van der Waals surface area (Å²) in [6, 6.07) is 8.64. The van der Waals surface area contributed by atoms with Gasteiger partial charge in [-0.15, -0.1) is 0 Å². The van der Waals surface area contributed by atoms with E-state index in [1.807, 2.05) is 6.92 Å². The number of amides is 2. The van der Waals surface area contributed by atoms with Crippen molar-refractivity contribution in [3.05, 3.63) is 72.5 Å². The molecule has 35 heavy (non-hydrogen) atoms. The molecule has 2 aromatic carbocycles. The minimum Gasteiger partial charge on any atom is -0.497 e. The van der Waals surface area contributed by atoms with E-state index in [-0.39, 0.29) is 5.56 Å². The molecule has 9 heteroatoms. The molecule has 0 saturated carbocycles. The largest absolute Gasteiger partial charge is 0.497 e.